The number of benzene rings is 1. The fraction of sp³-hybridized carbons (Fsp3) is 0.500. The lowest BCUT2D eigenvalue weighted by atomic mass is 9.72. The first kappa shape index (κ1) is 14.6. The van der Waals surface area contributed by atoms with Crippen molar-refractivity contribution in [1.82, 2.24) is 9.88 Å². The van der Waals surface area contributed by atoms with Crippen molar-refractivity contribution >= 4 is 17.1 Å². The van der Waals surface area contributed by atoms with Crippen LogP contribution in [-0.2, 0) is 15.9 Å². The lowest BCUT2D eigenvalue weighted by Gasteiger charge is -2.45. The number of nitrogens with zero attached hydrogens (tertiary/aromatic N) is 1. The average Bonchev–Trinajstić information content (AvgIpc) is 2.98. The molecule has 0 radical (unpaired) electrons. The van der Waals surface area contributed by atoms with Gasteiger partial charge in [0.2, 0.25) is 0 Å². The molecular formula is C18H22N2O3. The lowest BCUT2D eigenvalue weighted by molar-refractivity contribution is 0.0315. The second-order valence-corrected chi connectivity index (χ2v) is 6.77. The molecule has 3 atom stereocenters. The number of hydrogen-bond acceptors (Lipinski definition) is 4. The molecule has 5 heteroatoms. The third-order valence-electron chi connectivity index (χ3n) is 5.42. The predicted molar refractivity (Wildman–Crippen MR) is 87.6 cm³/mol. The van der Waals surface area contributed by atoms with Crippen molar-refractivity contribution in [2.45, 2.75) is 24.8 Å². The van der Waals surface area contributed by atoms with Crippen LogP contribution in [0.5, 0.6) is 0 Å². The summed E-state index contributed by atoms with van der Waals surface area (Å²) in [6, 6.07) is 7.06. The zero-order valence-corrected chi connectivity index (χ0v) is 13.5. The quantitative estimate of drug-likeness (QED) is 0.866. The molecule has 2 aromatic rings. The molecule has 5 nitrogen and oxygen atoms in total. The Morgan fingerprint density at radius 1 is 1.43 bits per heavy atom. The van der Waals surface area contributed by atoms with Gasteiger partial charge in [0.15, 0.2) is 0 Å². The van der Waals surface area contributed by atoms with Crippen LogP contribution in [0, 0.1) is 5.92 Å². The predicted octanol–water partition coefficient (Wildman–Crippen LogP) is 2.91. The molecule has 1 saturated heterocycles. The summed E-state index contributed by atoms with van der Waals surface area (Å²) in [7, 11) is 3.53. The number of aromatic amines is 1. The van der Waals surface area contributed by atoms with E-state index in [0.29, 0.717) is 24.5 Å². The first-order valence-corrected chi connectivity index (χ1v) is 8.17. The van der Waals surface area contributed by atoms with Crippen molar-refractivity contribution in [2.75, 3.05) is 27.3 Å². The maximum absolute atomic E-state index is 11.2. The summed E-state index contributed by atoms with van der Waals surface area (Å²) in [6.07, 6.45) is 3.71. The topological polar surface area (TPSA) is 54.6 Å². The molecule has 0 amide bonds. The summed E-state index contributed by atoms with van der Waals surface area (Å²) in [6.45, 7) is 1.38. The van der Waals surface area contributed by atoms with E-state index < -0.39 is 6.16 Å². The number of aromatic nitrogens is 1. The number of nitrogens with one attached hydrogen (secondary N) is 1. The molecule has 2 heterocycles. The number of carbonyl (C=O) groups excluding carboxylic acids is 1. The van der Waals surface area contributed by atoms with E-state index in [9.17, 15) is 4.79 Å². The first-order valence-electron chi connectivity index (χ1n) is 8.17. The highest BCUT2D eigenvalue weighted by atomic mass is 16.7. The Morgan fingerprint density at radius 3 is 3.13 bits per heavy atom. The minimum Gasteiger partial charge on any atom is -0.438 e. The smallest absolute Gasteiger partial charge is 0.438 e. The van der Waals surface area contributed by atoms with Gasteiger partial charge in [-0.2, -0.15) is 0 Å². The third-order valence-corrected chi connectivity index (χ3v) is 5.42. The van der Waals surface area contributed by atoms with Gasteiger partial charge in [-0.15, -0.1) is 0 Å². The van der Waals surface area contributed by atoms with Crippen LogP contribution in [0.1, 0.15) is 23.5 Å². The summed E-state index contributed by atoms with van der Waals surface area (Å²) in [4.78, 5) is 17.1. The van der Waals surface area contributed by atoms with Crippen LogP contribution < -0.4 is 0 Å². The number of carbonyl (C=O) groups is 1. The number of likely N-dealkylation sites (N-methyl/N-ethyl adjacent to an activating group) is 1. The second kappa shape index (κ2) is 5.57. The van der Waals surface area contributed by atoms with Crippen LogP contribution in [0.25, 0.3) is 10.9 Å². The number of piperidine rings is 1. The molecule has 122 valence electrons. The molecule has 2 unspecified atom stereocenters. The molecular weight excluding hydrogens is 292 g/mol. The number of H-pyrrole nitrogens is 1. The molecule has 2 aliphatic rings. The van der Waals surface area contributed by atoms with Crippen LogP contribution in [0.3, 0.4) is 0 Å². The SMILES string of the molecule is COC(=O)OCC1CC2c3cccc4[nH]cc(c34)C[C@H]2N(C)C1. The number of methoxy groups -OCH3 is 1. The average molecular weight is 314 g/mol. The van der Waals surface area contributed by atoms with Crippen LogP contribution in [-0.4, -0.2) is 49.4 Å². The zero-order valence-electron chi connectivity index (χ0n) is 13.5. The summed E-state index contributed by atoms with van der Waals surface area (Å²) in [5, 5.41) is 1.40. The first-order chi connectivity index (χ1) is 11.2. The van der Waals surface area contributed by atoms with Crippen LogP contribution in [0.4, 0.5) is 4.79 Å². The number of fused-ring (bicyclic) bond motifs is 2. The van der Waals surface area contributed by atoms with E-state index in [0.717, 1.165) is 19.4 Å². The number of likely N-dealkylation sites (tertiary alicyclic amines) is 1. The van der Waals surface area contributed by atoms with Crippen molar-refractivity contribution < 1.29 is 14.3 Å². The summed E-state index contributed by atoms with van der Waals surface area (Å²) in [5.74, 6) is 0.836. The Hall–Kier alpha value is -2.01. The van der Waals surface area contributed by atoms with Crippen molar-refractivity contribution in [3.05, 3.63) is 35.5 Å². The minimum absolute atomic E-state index is 0.344. The van der Waals surface area contributed by atoms with Gasteiger partial charge < -0.3 is 19.4 Å². The minimum atomic E-state index is -0.589. The maximum atomic E-state index is 11.2. The molecule has 1 aromatic carbocycles. The Kier molecular flexibility index (Phi) is 3.53. The van der Waals surface area contributed by atoms with Gasteiger partial charge in [0.05, 0.1) is 13.7 Å². The molecule has 1 fully saturated rings. The second-order valence-electron chi connectivity index (χ2n) is 6.77. The number of hydrogen-bond donors (Lipinski definition) is 1. The monoisotopic (exact) mass is 314 g/mol. The summed E-state index contributed by atoms with van der Waals surface area (Å²) < 4.78 is 9.77. The molecule has 4 rings (SSSR count). The van der Waals surface area contributed by atoms with Crippen LogP contribution in [0.2, 0.25) is 0 Å². The molecule has 0 saturated carbocycles. The van der Waals surface area contributed by atoms with Gasteiger partial charge in [0, 0.05) is 41.5 Å². The normalized spacial score (nSPS) is 26.8. The van der Waals surface area contributed by atoms with Gasteiger partial charge in [-0.3, -0.25) is 0 Å². The standard InChI is InChI=1S/C18H22N2O3/c1-20-9-11(10-23-18(21)22-2)6-14-13-4-3-5-15-17(13)12(8-19-15)7-16(14)20/h3-5,8,11,14,16,19H,6-7,9-10H2,1-2H3/t11?,14?,16-/m1/s1. The van der Waals surface area contributed by atoms with E-state index >= 15 is 0 Å². The fourth-order valence-corrected chi connectivity index (χ4v) is 4.42. The molecule has 1 aromatic heterocycles. The van der Waals surface area contributed by atoms with E-state index in [2.05, 4.69) is 46.1 Å². The van der Waals surface area contributed by atoms with E-state index in [4.69, 9.17) is 4.74 Å². The van der Waals surface area contributed by atoms with E-state index in [1.807, 2.05) is 0 Å². The Morgan fingerprint density at radius 2 is 2.30 bits per heavy atom. The summed E-state index contributed by atoms with van der Waals surface area (Å²) >= 11 is 0. The van der Waals surface area contributed by atoms with Crippen molar-refractivity contribution in [3.8, 4) is 0 Å². The molecule has 1 aliphatic heterocycles. The molecule has 1 aliphatic carbocycles. The number of rotatable bonds is 2. The zero-order chi connectivity index (χ0) is 16.0. The van der Waals surface area contributed by atoms with Crippen LogP contribution in [0.15, 0.2) is 24.4 Å². The van der Waals surface area contributed by atoms with Gasteiger partial charge in [-0.25, -0.2) is 4.79 Å². The molecule has 0 bridgehead atoms. The van der Waals surface area contributed by atoms with E-state index in [1.165, 1.54) is 29.1 Å². The van der Waals surface area contributed by atoms with Crippen molar-refractivity contribution in [1.29, 1.82) is 0 Å². The highest BCUT2D eigenvalue weighted by Crippen LogP contribution is 2.44. The lowest BCUT2D eigenvalue weighted by Crippen LogP contribution is -2.48. The van der Waals surface area contributed by atoms with Crippen molar-refractivity contribution in [2.24, 2.45) is 5.92 Å². The van der Waals surface area contributed by atoms with Crippen molar-refractivity contribution in [3.63, 3.8) is 0 Å². The van der Waals surface area contributed by atoms with Gasteiger partial charge >= 0.3 is 6.16 Å². The largest absolute Gasteiger partial charge is 0.507 e. The van der Waals surface area contributed by atoms with Crippen LogP contribution >= 0.6 is 0 Å². The third kappa shape index (κ3) is 2.39. The molecule has 0 spiro atoms. The van der Waals surface area contributed by atoms with E-state index in [1.54, 1.807) is 0 Å². The Labute approximate surface area is 135 Å². The van der Waals surface area contributed by atoms with Gasteiger partial charge in [-0.05, 0) is 37.1 Å². The van der Waals surface area contributed by atoms with Gasteiger partial charge in [0.25, 0.3) is 0 Å². The van der Waals surface area contributed by atoms with Gasteiger partial charge in [0.1, 0.15) is 0 Å². The summed E-state index contributed by atoms with van der Waals surface area (Å²) in [5.41, 5.74) is 4.09. The fourth-order valence-electron chi connectivity index (χ4n) is 4.42. The Balaban J connectivity index is 1.62. The number of ether oxygens (including phenoxy) is 2. The Bertz CT molecular complexity index is 739. The maximum Gasteiger partial charge on any atom is 0.507 e. The van der Waals surface area contributed by atoms with Gasteiger partial charge in [-0.1, -0.05) is 12.1 Å². The van der Waals surface area contributed by atoms with E-state index in [-0.39, 0.29) is 0 Å². The highest BCUT2D eigenvalue weighted by Gasteiger charge is 2.39. The highest BCUT2D eigenvalue weighted by molar-refractivity contribution is 5.88. The molecule has 23 heavy (non-hydrogen) atoms. The molecule has 1 N–H and O–H groups in total.